The van der Waals surface area contributed by atoms with E-state index >= 15 is 0 Å². The molecular formula is C14H15N3O4. The lowest BCUT2D eigenvalue weighted by Gasteiger charge is -2.14. The van der Waals surface area contributed by atoms with Gasteiger partial charge < -0.3 is 15.2 Å². The van der Waals surface area contributed by atoms with Gasteiger partial charge in [-0.2, -0.15) is 5.10 Å². The molecule has 1 amide bonds. The van der Waals surface area contributed by atoms with Crippen LogP contribution in [0.5, 0.6) is 5.75 Å². The van der Waals surface area contributed by atoms with Crippen LogP contribution in [0.1, 0.15) is 23.5 Å². The molecule has 2 rings (SSSR count). The fourth-order valence-electron chi connectivity index (χ4n) is 1.85. The number of amides is 1. The molecule has 1 atom stereocenters. The van der Waals surface area contributed by atoms with E-state index in [1.807, 2.05) is 0 Å². The van der Waals surface area contributed by atoms with E-state index in [0.717, 1.165) is 4.68 Å². The lowest BCUT2D eigenvalue weighted by molar-refractivity contribution is -0.119. The summed E-state index contributed by atoms with van der Waals surface area (Å²) in [6.45, 7) is 1.58. The molecule has 1 aromatic carbocycles. The van der Waals surface area contributed by atoms with Gasteiger partial charge in [-0.1, -0.05) is 6.07 Å². The zero-order valence-corrected chi connectivity index (χ0v) is 11.6. The highest BCUT2D eigenvalue weighted by Gasteiger charge is 2.21. The molecule has 0 aliphatic carbocycles. The minimum absolute atomic E-state index is 0.0386. The van der Waals surface area contributed by atoms with E-state index in [4.69, 9.17) is 9.84 Å². The molecule has 1 aromatic heterocycles. The first-order valence-electron chi connectivity index (χ1n) is 6.24. The molecule has 0 saturated heterocycles. The average Bonchev–Trinajstić information content (AvgIpc) is 2.96. The van der Waals surface area contributed by atoms with Gasteiger partial charge in [0.2, 0.25) is 5.91 Å². The average molecular weight is 289 g/mol. The number of carboxylic acid groups (broad SMARTS) is 1. The van der Waals surface area contributed by atoms with E-state index in [2.05, 4.69) is 10.4 Å². The monoisotopic (exact) mass is 289 g/mol. The summed E-state index contributed by atoms with van der Waals surface area (Å²) < 4.78 is 6.24. The van der Waals surface area contributed by atoms with Gasteiger partial charge in [-0.25, -0.2) is 9.48 Å². The van der Waals surface area contributed by atoms with Crippen molar-refractivity contribution in [1.82, 2.24) is 9.78 Å². The molecule has 7 nitrogen and oxygen atoms in total. The van der Waals surface area contributed by atoms with Crippen LogP contribution in [0, 0.1) is 0 Å². The van der Waals surface area contributed by atoms with Crippen molar-refractivity contribution in [2.75, 3.05) is 12.4 Å². The summed E-state index contributed by atoms with van der Waals surface area (Å²) in [5.74, 6) is -0.881. The van der Waals surface area contributed by atoms with Gasteiger partial charge in [-0.15, -0.1) is 0 Å². The Morgan fingerprint density at radius 2 is 2.14 bits per heavy atom. The first kappa shape index (κ1) is 14.6. The van der Waals surface area contributed by atoms with Gasteiger partial charge in [0.05, 0.1) is 7.11 Å². The van der Waals surface area contributed by atoms with Crippen LogP contribution in [0.25, 0.3) is 0 Å². The van der Waals surface area contributed by atoms with Crippen LogP contribution in [0.2, 0.25) is 0 Å². The Bertz CT molecular complexity index is 666. The fraction of sp³-hybridized carbons (Fsp3) is 0.214. The molecule has 0 spiro atoms. The van der Waals surface area contributed by atoms with Gasteiger partial charge in [-0.05, 0) is 25.1 Å². The zero-order valence-electron chi connectivity index (χ0n) is 11.6. The molecule has 0 aliphatic rings. The van der Waals surface area contributed by atoms with Crippen LogP contribution >= 0.6 is 0 Å². The van der Waals surface area contributed by atoms with Gasteiger partial charge in [0, 0.05) is 18.0 Å². The Balaban J connectivity index is 2.15. The summed E-state index contributed by atoms with van der Waals surface area (Å²) >= 11 is 0. The smallest absolute Gasteiger partial charge is 0.354 e. The Labute approximate surface area is 121 Å². The lowest BCUT2D eigenvalue weighted by atomic mass is 10.2. The number of hydrogen-bond donors (Lipinski definition) is 2. The molecule has 0 aliphatic heterocycles. The van der Waals surface area contributed by atoms with Crippen molar-refractivity contribution < 1.29 is 19.4 Å². The van der Waals surface area contributed by atoms with Crippen LogP contribution < -0.4 is 10.1 Å². The number of carbonyl (C=O) groups excluding carboxylic acids is 1. The predicted molar refractivity (Wildman–Crippen MR) is 75.5 cm³/mol. The summed E-state index contributed by atoms with van der Waals surface area (Å²) in [4.78, 5) is 23.2. The number of rotatable bonds is 5. The van der Waals surface area contributed by atoms with E-state index in [1.165, 1.54) is 19.4 Å². The topological polar surface area (TPSA) is 93.5 Å². The molecule has 0 saturated carbocycles. The number of methoxy groups -OCH3 is 1. The fourth-order valence-corrected chi connectivity index (χ4v) is 1.85. The zero-order chi connectivity index (χ0) is 15.4. The third-order valence-electron chi connectivity index (χ3n) is 2.97. The van der Waals surface area contributed by atoms with Gasteiger partial charge in [0.25, 0.3) is 0 Å². The molecule has 1 unspecified atom stereocenters. The van der Waals surface area contributed by atoms with Crippen molar-refractivity contribution in [2.24, 2.45) is 0 Å². The predicted octanol–water partition coefficient (Wildman–Crippen LogP) is 1.79. The summed E-state index contributed by atoms with van der Waals surface area (Å²) in [7, 11) is 1.53. The normalized spacial score (nSPS) is 11.7. The highest BCUT2D eigenvalue weighted by molar-refractivity contribution is 5.94. The van der Waals surface area contributed by atoms with E-state index in [9.17, 15) is 9.59 Å². The summed E-state index contributed by atoms with van der Waals surface area (Å²) in [6, 6.07) is 7.49. The van der Waals surface area contributed by atoms with Gasteiger partial charge in [-0.3, -0.25) is 4.79 Å². The summed E-state index contributed by atoms with van der Waals surface area (Å²) in [5, 5.41) is 15.6. The van der Waals surface area contributed by atoms with Crippen molar-refractivity contribution in [3.8, 4) is 5.75 Å². The molecule has 0 fully saturated rings. The number of nitrogens with one attached hydrogen (secondary N) is 1. The maximum atomic E-state index is 12.2. The van der Waals surface area contributed by atoms with E-state index in [-0.39, 0.29) is 11.6 Å². The lowest BCUT2D eigenvalue weighted by Crippen LogP contribution is -2.26. The number of anilines is 1. The molecule has 7 heteroatoms. The maximum absolute atomic E-state index is 12.2. The Morgan fingerprint density at radius 1 is 1.38 bits per heavy atom. The van der Waals surface area contributed by atoms with E-state index < -0.39 is 12.0 Å². The molecule has 110 valence electrons. The van der Waals surface area contributed by atoms with E-state index in [1.54, 1.807) is 31.2 Å². The quantitative estimate of drug-likeness (QED) is 0.875. The number of benzene rings is 1. The third kappa shape index (κ3) is 3.19. The first-order chi connectivity index (χ1) is 10.0. The van der Waals surface area contributed by atoms with Gasteiger partial charge in [0.1, 0.15) is 17.5 Å². The van der Waals surface area contributed by atoms with Crippen LogP contribution in [-0.2, 0) is 4.79 Å². The minimum Gasteiger partial charge on any atom is -0.497 e. The van der Waals surface area contributed by atoms with Crippen molar-refractivity contribution in [1.29, 1.82) is 0 Å². The number of hydrogen-bond acceptors (Lipinski definition) is 4. The van der Waals surface area contributed by atoms with Crippen molar-refractivity contribution in [3.63, 3.8) is 0 Å². The molecule has 1 heterocycles. The second kappa shape index (κ2) is 6.08. The van der Waals surface area contributed by atoms with Crippen molar-refractivity contribution in [2.45, 2.75) is 13.0 Å². The number of carbonyl (C=O) groups is 2. The number of carboxylic acids is 1. The molecule has 2 aromatic rings. The highest BCUT2D eigenvalue weighted by Crippen LogP contribution is 2.18. The van der Waals surface area contributed by atoms with E-state index in [0.29, 0.717) is 11.4 Å². The van der Waals surface area contributed by atoms with Gasteiger partial charge >= 0.3 is 5.97 Å². The van der Waals surface area contributed by atoms with Crippen LogP contribution in [-0.4, -0.2) is 33.9 Å². The Kier molecular flexibility index (Phi) is 4.22. The Hall–Kier alpha value is -2.83. The molecule has 2 N–H and O–H groups in total. The summed E-state index contributed by atoms with van der Waals surface area (Å²) in [6.07, 6.45) is 1.35. The van der Waals surface area contributed by atoms with Crippen LogP contribution in [0.4, 0.5) is 5.69 Å². The molecule has 21 heavy (non-hydrogen) atoms. The Morgan fingerprint density at radius 3 is 2.81 bits per heavy atom. The number of aromatic nitrogens is 2. The number of ether oxygens (including phenoxy) is 1. The standard InChI is InChI=1S/C14H15N3O4/c1-9(17-12(14(19)20)6-7-15-17)13(18)16-10-4-3-5-11(8-10)21-2/h3-9H,1-2H3,(H,16,18)(H,19,20). The largest absolute Gasteiger partial charge is 0.497 e. The first-order valence-corrected chi connectivity index (χ1v) is 6.24. The van der Waals surface area contributed by atoms with Gasteiger partial charge in [0.15, 0.2) is 0 Å². The second-order valence-electron chi connectivity index (χ2n) is 4.36. The SMILES string of the molecule is COc1cccc(NC(=O)C(C)n2nccc2C(=O)O)c1. The maximum Gasteiger partial charge on any atom is 0.354 e. The third-order valence-corrected chi connectivity index (χ3v) is 2.97. The van der Waals surface area contributed by atoms with Crippen LogP contribution in [0.15, 0.2) is 36.5 Å². The van der Waals surface area contributed by atoms with Crippen molar-refractivity contribution >= 4 is 17.6 Å². The summed E-state index contributed by atoms with van der Waals surface area (Å²) in [5.41, 5.74) is 0.526. The van der Waals surface area contributed by atoms with Crippen LogP contribution in [0.3, 0.4) is 0 Å². The minimum atomic E-state index is -1.13. The highest BCUT2D eigenvalue weighted by atomic mass is 16.5. The molecule has 0 radical (unpaired) electrons. The number of nitrogens with zero attached hydrogens (tertiary/aromatic N) is 2. The second-order valence-corrected chi connectivity index (χ2v) is 4.36. The molecule has 0 bridgehead atoms. The van der Waals surface area contributed by atoms with Crippen molar-refractivity contribution in [3.05, 3.63) is 42.2 Å². The number of aromatic carboxylic acids is 1. The molecular weight excluding hydrogens is 274 g/mol.